The van der Waals surface area contributed by atoms with Gasteiger partial charge in [0.25, 0.3) is 0 Å². The number of ketones is 1. The number of Topliss-reactive ketones (excluding diaryl/α,β-unsaturated/α-hetero) is 1. The molecule has 0 bridgehead atoms. The van der Waals surface area contributed by atoms with Gasteiger partial charge in [-0.2, -0.15) is 0 Å². The van der Waals surface area contributed by atoms with Crippen molar-refractivity contribution < 1.29 is 42.6 Å². The number of aliphatic hydroxyl groups is 1. The first-order valence-electron chi connectivity index (χ1n) is 10.7. The first-order valence-corrected chi connectivity index (χ1v) is 11.3. The van der Waals surface area contributed by atoms with Crippen molar-refractivity contribution in [2.75, 3.05) is 7.05 Å². The Hall–Kier alpha value is -0.406. The minimum absolute atomic E-state index is 0. The number of nitrogens with two attached hydrogens (primary N) is 1. The van der Waals surface area contributed by atoms with Crippen molar-refractivity contribution in [2.45, 2.75) is 81.1 Å². The zero-order valence-corrected chi connectivity index (χ0v) is 24.7. The van der Waals surface area contributed by atoms with E-state index in [0.29, 0.717) is 5.70 Å². The molecule has 1 aromatic rings. The van der Waals surface area contributed by atoms with Gasteiger partial charge in [0.15, 0.2) is 11.5 Å². The van der Waals surface area contributed by atoms with Crippen molar-refractivity contribution in [1.29, 1.82) is 0 Å². The van der Waals surface area contributed by atoms with Gasteiger partial charge in [-0.25, -0.2) is 4.99 Å². The number of carbonyl (C=O) groups is 1. The van der Waals surface area contributed by atoms with Crippen LogP contribution in [0.4, 0.5) is 0 Å². The number of benzene rings is 1. The molecule has 2 aliphatic rings. The van der Waals surface area contributed by atoms with Crippen molar-refractivity contribution in [1.82, 2.24) is 0 Å². The minimum atomic E-state index is -0.336. The van der Waals surface area contributed by atoms with Crippen LogP contribution in [0.2, 0.25) is 0 Å². The molecule has 1 aromatic carbocycles. The fourth-order valence-corrected chi connectivity index (χ4v) is 3.00. The van der Waals surface area contributed by atoms with Crippen LogP contribution < -0.4 is 11.0 Å². The smallest absolute Gasteiger partial charge is 0.196 e. The SMILES string of the molecule is CC.CC.CC(=O)/C(O)=C1C=N\1.CC1CCCC1.CN.Cc1cc(C)cc(P)c1.[Y]. The zero-order chi connectivity index (χ0) is 23.4. The van der Waals surface area contributed by atoms with Crippen molar-refractivity contribution >= 4 is 26.5 Å². The van der Waals surface area contributed by atoms with Gasteiger partial charge in [0.1, 0.15) is 5.70 Å². The van der Waals surface area contributed by atoms with Gasteiger partial charge in [-0.15, -0.1) is 9.24 Å². The largest absolute Gasteiger partial charge is 0.503 e. The van der Waals surface area contributed by atoms with E-state index in [1.54, 1.807) is 0 Å². The van der Waals surface area contributed by atoms with Crippen LogP contribution in [0.5, 0.6) is 0 Å². The van der Waals surface area contributed by atoms with Crippen molar-refractivity contribution in [3.05, 3.63) is 40.8 Å². The maximum Gasteiger partial charge on any atom is 0.196 e. The van der Waals surface area contributed by atoms with E-state index in [1.807, 2.05) is 27.7 Å². The number of carbonyl (C=O) groups excluding carboxylic acids is 1. The number of hydrogen-bond acceptors (Lipinski definition) is 4. The Balaban J connectivity index is -0.000000149. The molecule has 4 nitrogen and oxygen atoms in total. The van der Waals surface area contributed by atoms with Gasteiger partial charge in [-0.05, 0) is 32.1 Å². The van der Waals surface area contributed by atoms with Crippen LogP contribution in [0.15, 0.2) is 34.6 Å². The molecule has 3 N–H and O–H groups in total. The second kappa shape index (κ2) is 24.9. The van der Waals surface area contributed by atoms with E-state index < -0.39 is 0 Å². The van der Waals surface area contributed by atoms with Crippen molar-refractivity contribution in [3.63, 3.8) is 0 Å². The van der Waals surface area contributed by atoms with Crippen LogP contribution in [-0.2, 0) is 37.5 Å². The van der Waals surface area contributed by atoms with E-state index >= 15 is 0 Å². The first kappa shape index (κ1) is 36.9. The molecule has 1 heterocycles. The van der Waals surface area contributed by atoms with E-state index in [2.05, 4.69) is 58.9 Å². The minimum Gasteiger partial charge on any atom is -0.503 e. The monoisotopic (exact) mass is 513 g/mol. The first-order chi connectivity index (χ1) is 13.8. The molecule has 3 rings (SSSR count). The van der Waals surface area contributed by atoms with E-state index in [9.17, 15) is 4.79 Å². The molecule has 0 aromatic heterocycles. The molecule has 6 heteroatoms. The summed E-state index contributed by atoms with van der Waals surface area (Å²) >= 11 is 0. The maximum absolute atomic E-state index is 10.2. The topological polar surface area (TPSA) is 75.7 Å². The molecule has 1 radical (unpaired) electrons. The predicted octanol–water partition coefficient (Wildman–Crippen LogP) is 6.05. The molecule has 1 atom stereocenters. The number of aryl methyl sites for hydroxylation is 2. The molecule has 0 amide bonds. The van der Waals surface area contributed by atoms with Gasteiger partial charge in [-0.1, -0.05) is 89.6 Å². The van der Waals surface area contributed by atoms with E-state index in [-0.39, 0.29) is 44.3 Å². The molecule has 0 spiro atoms. The van der Waals surface area contributed by atoms with Gasteiger partial charge in [0.2, 0.25) is 0 Å². The summed E-state index contributed by atoms with van der Waals surface area (Å²) in [6, 6.07) is 6.48. The van der Waals surface area contributed by atoms with Gasteiger partial charge < -0.3 is 10.8 Å². The van der Waals surface area contributed by atoms with E-state index in [1.165, 1.54) is 62.3 Å². The molecular weight excluding hydrogens is 468 g/mol. The summed E-state index contributed by atoms with van der Waals surface area (Å²) in [5.74, 6) is 0.479. The number of aliphatic hydroxyl groups excluding tert-OH is 1. The summed E-state index contributed by atoms with van der Waals surface area (Å²) in [7, 11) is 4.20. The average Bonchev–Trinajstić information content (AvgIpc) is 3.45. The van der Waals surface area contributed by atoms with Crippen LogP contribution in [0, 0.1) is 19.8 Å². The van der Waals surface area contributed by atoms with E-state index in [4.69, 9.17) is 5.11 Å². The summed E-state index contributed by atoms with van der Waals surface area (Å²) in [4.78, 5) is 13.7. The fourth-order valence-electron chi connectivity index (χ4n) is 2.47. The van der Waals surface area contributed by atoms with Crippen LogP contribution in [0.1, 0.15) is 78.4 Å². The average molecular weight is 514 g/mol. The van der Waals surface area contributed by atoms with Gasteiger partial charge >= 0.3 is 0 Å². The zero-order valence-electron chi connectivity index (χ0n) is 20.7. The standard InChI is InChI=1S/C8H11P.C6H12.C5H5NO2.2C2H6.CH5N.Y/c1-6-3-7(2)5-8(9)4-6;1-6-4-2-3-5-6;1-3(7)5(8)4-2-6-4;3*1-2;/h3-5H,9H2,1-2H3;6H,2-5H2,1H3;2,8H,1H3;2*1-2H3;2H2,1H3;/b;;5-4-;;;;. The second-order valence-electron chi connectivity index (χ2n) is 6.36. The molecular formula is C24H45N2O2PY. The summed E-state index contributed by atoms with van der Waals surface area (Å²) in [6.07, 6.45) is 7.39. The van der Waals surface area contributed by atoms with Crippen LogP contribution in [0.3, 0.4) is 0 Å². The van der Waals surface area contributed by atoms with E-state index in [0.717, 1.165) is 5.92 Å². The Morgan fingerprint density at radius 2 is 1.40 bits per heavy atom. The molecule has 1 fully saturated rings. The number of rotatable bonds is 1. The Kier molecular flexibility index (Phi) is 30.6. The Morgan fingerprint density at radius 1 is 1.03 bits per heavy atom. The summed E-state index contributed by atoms with van der Waals surface area (Å²) in [5, 5.41) is 9.94. The number of hydrogen-bond donors (Lipinski definition) is 2. The fraction of sp³-hybridized carbons (Fsp3) is 0.583. The van der Waals surface area contributed by atoms with Crippen LogP contribution >= 0.6 is 9.24 Å². The summed E-state index contributed by atoms with van der Waals surface area (Å²) in [6.45, 7) is 15.9. The Labute approximate surface area is 213 Å². The quantitative estimate of drug-likeness (QED) is 0.273. The summed E-state index contributed by atoms with van der Waals surface area (Å²) < 4.78 is 0. The summed E-state index contributed by atoms with van der Waals surface area (Å²) in [5.41, 5.74) is 7.58. The normalized spacial score (nSPS) is 14.1. The van der Waals surface area contributed by atoms with Gasteiger partial charge in [0, 0.05) is 39.6 Å². The van der Waals surface area contributed by atoms with Crippen molar-refractivity contribution in [2.24, 2.45) is 16.6 Å². The third-order valence-corrected chi connectivity index (χ3v) is 4.06. The van der Waals surface area contributed by atoms with Crippen LogP contribution in [-0.4, -0.2) is 24.2 Å². The Morgan fingerprint density at radius 3 is 1.57 bits per heavy atom. The molecule has 0 saturated heterocycles. The number of allylic oxidation sites excluding steroid dienone is 2. The third kappa shape index (κ3) is 22.3. The van der Waals surface area contributed by atoms with Crippen molar-refractivity contribution in [3.8, 4) is 0 Å². The molecule has 1 unspecified atom stereocenters. The second-order valence-corrected chi connectivity index (χ2v) is 7.03. The number of nitrogens with zero attached hydrogens (tertiary/aromatic N) is 1. The molecule has 171 valence electrons. The maximum atomic E-state index is 10.2. The van der Waals surface area contributed by atoms with Gasteiger partial charge in [-0.3, -0.25) is 4.79 Å². The third-order valence-electron chi connectivity index (χ3n) is 3.72. The Bertz CT molecular complexity index is 553. The molecule has 1 aliphatic heterocycles. The molecule has 1 aliphatic carbocycles. The van der Waals surface area contributed by atoms with Crippen LogP contribution in [0.25, 0.3) is 0 Å². The predicted molar refractivity (Wildman–Crippen MR) is 135 cm³/mol. The molecule has 1 saturated carbocycles. The van der Waals surface area contributed by atoms with Gasteiger partial charge in [0.05, 0.1) is 6.21 Å². The number of aliphatic imine (C=N–C) groups is 1. The molecule has 30 heavy (non-hydrogen) atoms.